The Bertz CT molecular complexity index is 1310. The highest BCUT2D eigenvalue weighted by Crippen LogP contribution is 2.42. The molecule has 0 radical (unpaired) electrons. The fourth-order valence-corrected chi connectivity index (χ4v) is 7.31. The molecular formula is C41H60N4O2. The van der Waals surface area contributed by atoms with Gasteiger partial charge in [-0.25, -0.2) is 9.97 Å². The monoisotopic (exact) mass is 640 g/mol. The van der Waals surface area contributed by atoms with Crippen molar-refractivity contribution in [2.24, 2.45) is 5.92 Å². The number of unbranched alkanes of at least 4 members (excludes halogenated alkanes) is 1. The van der Waals surface area contributed by atoms with Gasteiger partial charge in [-0.2, -0.15) is 0 Å². The second-order valence-corrected chi connectivity index (χ2v) is 13.5. The van der Waals surface area contributed by atoms with Crippen molar-refractivity contribution in [3.05, 3.63) is 84.3 Å². The first-order valence-corrected chi connectivity index (χ1v) is 18.1. The molecule has 1 aromatic carbocycles. The minimum absolute atomic E-state index is 0.0455. The molecule has 4 rings (SSSR count). The number of rotatable bonds is 17. The Balaban J connectivity index is 1.33. The summed E-state index contributed by atoms with van der Waals surface area (Å²) in [4.78, 5) is 14.5. The molecule has 0 unspecified atom stereocenters. The molecule has 2 aromatic rings. The van der Waals surface area contributed by atoms with Crippen molar-refractivity contribution < 1.29 is 9.47 Å². The summed E-state index contributed by atoms with van der Waals surface area (Å²) in [5.41, 5.74) is 6.96. The summed E-state index contributed by atoms with van der Waals surface area (Å²) in [7, 11) is 3.70. The van der Waals surface area contributed by atoms with E-state index in [-0.39, 0.29) is 5.60 Å². The Morgan fingerprint density at radius 1 is 1.00 bits per heavy atom. The lowest BCUT2D eigenvalue weighted by Crippen LogP contribution is -2.50. The van der Waals surface area contributed by atoms with Crippen LogP contribution in [0.25, 0.3) is 17.0 Å². The highest BCUT2D eigenvalue weighted by molar-refractivity contribution is 5.70. The molecule has 0 spiro atoms. The van der Waals surface area contributed by atoms with Crippen LogP contribution in [0.2, 0.25) is 0 Å². The number of nitrogens with zero attached hydrogens (tertiary/aromatic N) is 4. The molecule has 2 heterocycles. The summed E-state index contributed by atoms with van der Waals surface area (Å²) in [5, 5.41) is 0. The minimum atomic E-state index is 0.0455. The Hall–Kier alpha value is -3.06. The molecule has 1 aliphatic heterocycles. The van der Waals surface area contributed by atoms with Crippen molar-refractivity contribution >= 4 is 11.3 Å². The number of anilines is 1. The first-order chi connectivity index (χ1) is 22.9. The molecular weight excluding hydrogens is 580 g/mol. The molecule has 6 heteroatoms. The van der Waals surface area contributed by atoms with Crippen LogP contribution >= 0.6 is 0 Å². The van der Waals surface area contributed by atoms with E-state index in [9.17, 15) is 0 Å². The predicted molar refractivity (Wildman–Crippen MR) is 199 cm³/mol. The van der Waals surface area contributed by atoms with Gasteiger partial charge in [-0.15, -0.1) is 0 Å². The lowest BCUT2D eigenvalue weighted by atomic mass is 9.72. The number of piperidine rings is 1. The van der Waals surface area contributed by atoms with E-state index in [1.54, 1.807) is 7.11 Å². The molecule has 1 saturated heterocycles. The van der Waals surface area contributed by atoms with Crippen molar-refractivity contribution in [2.75, 3.05) is 58.5 Å². The van der Waals surface area contributed by atoms with Crippen LogP contribution in [0.5, 0.6) is 0 Å². The highest BCUT2D eigenvalue weighted by atomic mass is 16.5. The van der Waals surface area contributed by atoms with Gasteiger partial charge >= 0.3 is 0 Å². The minimum Gasteiger partial charge on any atom is -0.383 e. The largest absolute Gasteiger partial charge is 0.383 e. The zero-order chi connectivity index (χ0) is 33.5. The van der Waals surface area contributed by atoms with Gasteiger partial charge in [-0.1, -0.05) is 81.3 Å². The molecule has 1 aliphatic carbocycles. The van der Waals surface area contributed by atoms with Gasteiger partial charge in [0.2, 0.25) is 0 Å². The van der Waals surface area contributed by atoms with Crippen molar-refractivity contribution in [2.45, 2.75) is 90.6 Å². The van der Waals surface area contributed by atoms with Gasteiger partial charge in [0, 0.05) is 39.4 Å². The quantitative estimate of drug-likeness (QED) is 0.127. The van der Waals surface area contributed by atoms with Gasteiger partial charge in [0.15, 0.2) is 5.82 Å². The fraction of sp³-hybridized carbons (Fsp3) is 0.561. The average Bonchev–Trinajstić information content (AvgIpc) is 3.13. The normalized spacial score (nSPS) is 18.2. The summed E-state index contributed by atoms with van der Waals surface area (Å²) >= 11 is 0. The molecule has 0 N–H and O–H groups in total. The number of ether oxygens (including phenoxy) is 2. The Kier molecular flexibility index (Phi) is 14.9. The maximum absolute atomic E-state index is 6.22. The van der Waals surface area contributed by atoms with Crippen LogP contribution in [0.3, 0.4) is 0 Å². The van der Waals surface area contributed by atoms with Crippen LogP contribution in [0.15, 0.2) is 78.7 Å². The molecule has 1 aromatic heterocycles. The molecule has 47 heavy (non-hydrogen) atoms. The molecule has 1 saturated carbocycles. The van der Waals surface area contributed by atoms with Gasteiger partial charge in [0.25, 0.3) is 0 Å². The summed E-state index contributed by atoms with van der Waals surface area (Å²) in [5.74, 6) is 1.47. The first kappa shape index (κ1) is 36.8. The maximum Gasteiger partial charge on any atom is 0.159 e. The van der Waals surface area contributed by atoms with E-state index < -0.39 is 0 Å². The lowest BCUT2D eigenvalue weighted by molar-refractivity contribution is -0.0856. The fourth-order valence-electron chi connectivity index (χ4n) is 7.31. The summed E-state index contributed by atoms with van der Waals surface area (Å²) in [6.45, 7) is 16.6. The Morgan fingerprint density at radius 2 is 1.70 bits per heavy atom. The third kappa shape index (κ3) is 10.5. The standard InChI is InChI=1S/C41H60N4O2/c1-7-24-44(28-29-46-5)25-14-10-11-15-37(33(3)8-2)30-34(4)35-18-20-36(21-19-35)40-42-31-39(32-43-40)45-26-22-41(47-6,23-27-45)38-16-12-9-13-17-38/h8,11,15,18-21,30-32,38H,2,7,9-10,12-14,16-17,22-29H2,1,3-6H3/b15-11?,34-30+,37-33-. The first-order valence-electron chi connectivity index (χ1n) is 18.1. The summed E-state index contributed by atoms with van der Waals surface area (Å²) in [6, 6.07) is 8.60. The molecule has 0 atom stereocenters. The van der Waals surface area contributed by atoms with Crippen molar-refractivity contribution in [1.29, 1.82) is 0 Å². The second kappa shape index (κ2) is 19.1. The number of benzene rings is 1. The van der Waals surface area contributed by atoms with E-state index in [1.807, 2.05) is 25.6 Å². The predicted octanol–water partition coefficient (Wildman–Crippen LogP) is 9.31. The number of hydrogen-bond donors (Lipinski definition) is 0. The van der Waals surface area contributed by atoms with Crippen LogP contribution in [0, 0.1) is 5.92 Å². The van der Waals surface area contributed by atoms with Gasteiger partial charge in [0.05, 0.1) is 30.3 Å². The Labute approximate surface area is 285 Å². The van der Waals surface area contributed by atoms with E-state index in [2.05, 4.69) is 79.6 Å². The highest BCUT2D eigenvalue weighted by Gasteiger charge is 2.42. The molecule has 256 valence electrons. The second-order valence-electron chi connectivity index (χ2n) is 13.5. The van der Waals surface area contributed by atoms with Crippen molar-refractivity contribution in [3.8, 4) is 11.4 Å². The number of aromatic nitrogens is 2. The van der Waals surface area contributed by atoms with Gasteiger partial charge < -0.3 is 19.3 Å². The van der Waals surface area contributed by atoms with Crippen LogP contribution in [-0.2, 0) is 9.47 Å². The molecule has 6 nitrogen and oxygen atoms in total. The zero-order valence-corrected chi connectivity index (χ0v) is 30.0. The van der Waals surface area contributed by atoms with Gasteiger partial charge in [0.1, 0.15) is 0 Å². The molecule has 2 fully saturated rings. The SMILES string of the molecule is C=C/C(C)=C(C=CCCCN(CCC)CCOC)\C=C(/C)c1ccc(-c2ncc(N3CCC(OC)(C4CCCCC4)CC3)cn2)cc1. The van der Waals surface area contributed by atoms with Gasteiger partial charge in [-0.3, -0.25) is 0 Å². The van der Waals surface area contributed by atoms with Crippen molar-refractivity contribution in [3.63, 3.8) is 0 Å². The lowest BCUT2D eigenvalue weighted by Gasteiger charge is -2.47. The van der Waals surface area contributed by atoms with E-state index in [0.29, 0.717) is 5.92 Å². The zero-order valence-electron chi connectivity index (χ0n) is 30.0. The smallest absolute Gasteiger partial charge is 0.159 e. The van der Waals surface area contributed by atoms with E-state index in [1.165, 1.54) is 60.8 Å². The Morgan fingerprint density at radius 3 is 2.32 bits per heavy atom. The summed E-state index contributed by atoms with van der Waals surface area (Å²) < 4.78 is 11.5. The van der Waals surface area contributed by atoms with Crippen LogP contribution in [-0.4, -0.2) is 74.0 Å². The van der Waals surface area contributed by atoms with Crippen LogP contribution in [0.4, 0.5) is 5.69 Å². The average molecular weight is 641 g/mol. The van der Waals surface area contributed by atoms with Crippen molar-refractivity contribution in [1.82, 2.24) is 14.9 Å². The number of methoxy groups -OCH3 is 2. The molecule has 0 bridgehead atoms. The maximum atomic E-state index is 6.22. The van der Waals surface area contributed by atoms with E-state index in [4.69, 9.17) is 19.4 Å². The van der Waals surface area contributed by atoms with Gasteiger partial charge in [-0.05, 0) is 100 Å². The van der Waals surface area contributed by atoms with Crippen LogP contribution < -0.4 is 4.90 Å². The third-order valence-corrected chi connectivity index (χ3v) is 10.4. The molecule has 2 aliphatic rings. The number of allylic oxidation sites excluding steroid dienone is 7. The summed E-state index contributed by atoms with van der Waals surface area (Å²) in [6.07, 6.45) is 25.0. The third-order valence-electron chi connectivity index (χ3n) is 10.4. The van der Waals surface area contributed by atoms with Crippen LogP contribution in [0.1, 0.15) is 90.5 Å². The number of hydrogen-bond acceptors (Lipinski definition) is 6. The topological polar surface area (TPSA) is 50.7 Å². The molecule has 0 amide bonds. The van der Waals surface area contributed by atoms with E-state index >= 15 is 0 Å². The van der Waals surface area contributed by atoms with E-state index in [0.717, 1.165) is 82.1 Å².